The highest BCUT2D eigenvalue weighted by molar-refractivity contribution is 7.80. The first-order valence-electron chi connectivity index (χ1n) is 7.46. The molecule has 0 aliphatic carbocycles. The van der Waals surface area contributed by atoms with Gasteiger partial charge >= 0.3 is 0 Å². The fraction of sp³-hybridized carbons (Fsp3) is 0.222. The normalized spacial score (nSPS) is 11.2. The maximum atomic E-state index is 13.0. The Balaban J connectivity index is 2.05. The maximum Gasteiger partial charge on any atom is 0.191 e. The third-order valence-corrected chi connectivity index (χ3v) is 3.63. The van der Waals surface area contributed by atoms with E-state index < -0.39 is 0 Å². The summed E-state index contributed by atoms with van der Waals surface area (Å²) in [5.74, 6) is -0.260. The van der Waals surface area contributed by atoms with E-state index in [1.54, 1.807) is 12.1 Å². The highest BCUT2D eigenvalue weighted by atomic mass is 32.1. The zero-order valence-corrected chi connectivity index (χ0v) is 14.3. The Bertz CT molecular complexity index is 724. The topological polar surface area (TPSA) is 36.4 Å². The van der Waals surface area contributed by atoms with Gasteiger partial charge in [0.15, 0.2) is 5.11 Å². The molecule has 2 aromatic carbocycles. The van der Waals surface area contributed by atoms with Gasteiger partial charge in [0.05, 0.1) is 5.71 Å². The first-order chi connectivity index (χ1) is 11.0. The number of halogens is 1. The zero-order chi connectivity index (χ0) is 16.8. The van der Waals surface area contributed by atoms with Crippen molar-refractivity contribution in [2.75, 3.05) is 5.32 Å². The van der Waals surface area contributed by atoms with Crippen LogP contribution in [-0.2, 0) is 0 Å². The fourth-order valence-electron chi connectivity index (χ4n) is 2.21. The summed E-state index contributed by atoms with van der Waals surface area (Å²) in [6.45, 7) is 6.07. The predicted molar refractivity (Wildman–Crippen MR) is 98.5 cm³/mol. The van der Waals surface area contributed by atoms with Gasteiger partial charge in [-0.3, -0.25) is 5.43 Å². The van der Waals surface area contributed by atoms with Gasteiger partial charge in [0.1, 0.15) is 5.82 Å². The largest absolute Gasteiger partial charge is 0.331 e. The molecule has 0 amide bonds. The Morgan fingerprint density at radius 2 is 1.83 bits per heavy atom. The zero-order valence-electron chi connectivity index (χ0n) is 13.5. The number of hydrazone groups is 1. The summed E-state index contributed by atoms with van der Waals surface area (Å²) >= 11 is 5.28. The molecular weight excluding hydrogens is 309 g/mol. The van der Waals surface area contributed by atoms with E-state index in [0.29, 0.717) is 11.5 Å². The van der Waals surface area contributed by atoms with Gasteiger partial charge in [-0.15, -0.1) is 0 Å². The molecule has 0 saturated heterocycles. The van der Waals surface area contributed by atoms with Crippen molar-refractivity contribution in [1.82, 2.24) is 5.43 Å². The second kappa shape index (κ2) is 7.83. The average molecular weight is 329 g/mol. The van der Waals surface area contributed by atoms with Crippen molar-refractivity contribution >= 4 is 28.7 Å². The van der Waals surface area contributed by atoms with Gasteiger partial charge in [-0.25, -0.2) is 4.39 Å². The number of thiocarbonyl (C=S) groups is 1. The lowest BCUT2D eigenvalue weighted by molar-refractivity contribution is 0.627. The van der Waals surface area contributed by atoms with Crippen molar-refractivity contribution in [1.29, 1.82) is 0 Å². The minimum absolute atomic E-state index is 0.260. The van der Waals surface area contributed by atoms with Crippen LogP contribution >= 0.6 is 12.2 Å². The second-order valence-corrected chi connectivity index (χ2v) is 5.71. The van der Waals surface area contributed by atoms with E-state index in [1.807, 2.05) is 32.9 Å². The van der Waals surface area contributed by atoms with E-state index in [2.05, 4.69) is 21.9 Å². The van der Waals surface area contributed by atoms with E-state index in [9.17, 15) is 4.39 Å². The molecule has 0 unspecified atom stereocenters. The van der Waals surface area contributed by atoms with Crippen molar-refractivity contribution in [2.45, 2.75) is 27.2 Å². The van der Waals surface area contributed by atoms with E-state index in [-0.39, 0.29) is 5.82 Å². The number of aryl methyl sites for hydroxylation is 2. The van der Waals surface area contributed by atoms with Crippen LogP contribution in [0.1, 0.15) is 30.0 Å². The van der Waals surface area contributed by atoms with Crippen LogP contribution in [0.5, 0.6) is 0 Å². The Kier molecular flexibility index (Phi) is 5.82. The van der Waals surface area contributed by atoms with Crippen LogP contribution in [0.15, 0.2) is 47.6 Å². The van der Waals surface area contributed by atoms with Crippen molar-refractivity contribution in [2.24, 2.45) is 5.10 Å². The maximum absolute atomic E-state index is 13.0. The minimum atomic E-state index is -0.260. The fourth-order valence-corrected chi connectivity index (χ4v) is 2.37. The summed E-state index contributed by atoms with van der Waals surface area (Å²) in [6, 6.07) is 12.4. The van der Waals surface area contributed by atoms with Gasteiger partial charge in [0.2, 0.25) is 0 Å². The molecule has 0 heterocycles. The second-order valence-electron chi connectivity index (χ2n) is 5.30. The molecule has 0 saturated carbocycles. The van der Waals surface area contributed by atoms with Crippen LogP contribution in [0.3, 0.4) is 0 Å². The summed E-state index contributed by atoms with van der Waals surface area (Å²) in [7, 11) is 0. The molecule has 0 aliphatic heterocycles. The molecule has 0 aromatic heterocycles. The SMILES string of the molecule is CC/C(=N\NC(=S)Nc1ccc(C)cc1C)c1ccc(F)cc1. The number of nitrogens with one attached hydrogen (secondary N) is 2. The third-order valence-electron chi connectivity index (χ3n) is 3.43. The minimum Gasteiger partial charge on any atom is -0.331 e. The van der Waals surface area contributed by atoms with Crippen molar-refractivity contribution < 1.29 is 4.39 Å². The molecule has 5 heteroatoms. The van der Waals surface area contributed by atoms with Crippen molar-refractivity contribution in [3.8, 4) is 0 Å². The molecular formula is C18H20FN3S. The van der Waals surface area contributed by atoms with Crippen LogP contribution in [0.25, 0.3) is 0 Å². The van der Waals surface area contributed by atoms with Crippen molar-refractivity contribution in [3.63, 3.8) is 0 Å². The Morgan fingerprint density at radius 3 is 2.43 bits per heavy atom. The van der Waals surface area contributed by atoms with Gasteiger partial charge < -0.3 is 5.32 Å². The monoisotopic (exact) mass is 329 g/mol. The van der Waals surface area contributed by atoms with Gasteiger partial charge in [-0.05, 0) is 61.8 Å². The number of rotatable bonds is 4. The lowest BCUT2D eigenvalue weighted by Gasteiger charge is -2.11. The van der Waals surface area contributed by atoms with Crippen LogP contribution in [-0.4, -0.2) is 10.8 Å². The number of hydrogen-bond acceptors (Lipinski definition) is 2. The van der Waals surface area contributed by atoms with Gasteiger partial charge in [0.25, 0.3) is 0 Å². The number of benzene rings is 2. The lowest BCUT2D eigenvalue weighted by atomic mass is 10.1. The highest BCUT2D eigenvalue weighted by Crippen LogP contribution is 2.15. The van der Waals surface area contributed by atoms with Gasteiger partial charge in [0, 0.05) is 5.69 Å². The molecule has 3 nitrogen and oxygen atoms in total. The van der Waals surface area contributed by atoms with E-state index in [4.69, 9.17) is 12.2 Å². The summed E-state index contributed by atoms with van der Waals surface area (Å²) < 4.78 is 13.0. The molecule has 2 rings (SSSR count). The Morgan fingerprint density at radius 1 is 1.13 bits per heavy atom. The quantitative estimate of drug-likeness (QED) is 0.491. The summed E-state index contributed by atoms with van der Waals surface area (Å²) in [6.07, 6.45) is 0.713. The predicted octanol–water partition coefficient (Wildman–Crippen LogP) is 4.54. The van der Waals surface area contributed by atoms with Crippen LogP contribution in [0, 0.1) is 19.7 Å². The Hall–Kier alpha value is -2.27. The van der Waals surface area contributed by atoms with Crippen LogP contribution in [0.4, 0.5) is 10.1 Å². The van der Waals surface area contributed by atoms with E-state index >= 15 is 0 Å². The molecule has 0 radical (unpaired) electrons. The van der Waals surface area contributed by atoms with Gasteiger partial charge in [-0.2, -0.15) is 5.10 Å². The molecule has 0 atom stereocenters. The number of nitrogens with zero attached hydrogens (tertiary/aromatic N) is 1. The third kappa shape index (κ3) is 4.86. The first kappa shape index (κ1) is 17.1. The summed E-state index contributed by atoms with van der Waals surface area (Å²) in [5, 5.41) is 7.88. The first-order valence-corrected chi connectivity index (χ1v) is 7.87. The average Bonchev–Trinajstić information content (AvgIpc) is 2.52. The molecule has 0 bridgehead atoms. The van der Waals surface area contributed by atoms with E-state index in [0.717, 1.165) is 22.5 Å². The number of hydrogen-bond donors (Lipinski definition) is 2. The van der Waals surface area contributed by atoms with Crippen LogP contribution in [0.2, 0.25) is 0 Å². The lowest BCUT2D eigenvalue weighted by Crippen LogP contribution is -2.25. The molecule has 0 fully saturated rings. The van der Waals surface area contributed by atoms with Crippen LogP contribution < -0.4 is 10.7 Å². The molecule has 0 aliphatic rings. The summed E-state index contributed by atoms with van der Waals surface area (Å²) in [4.78, 5) is 0. The molecule has 23 heavy (non-hydrogen) atoms. The standard InChI is InChI=1S/C18H20FN3S/c1-4-16(14-6-8-15(19)9-7-14)21-22-18(23)20-17-10-5-12(2)11-13(17)3/h5-11H,4H2,1-3H3,(H2,20,22,23)/b21-16+. The van der Waals surface area contributed by atoms with Crippen molar-refractivity contribution in [3.05, 3.63) is 65.0 Å². The smallest absolute Gasteiger partial charge is 0.191 e. The summed E-state index contributed by atoms with van der Waals surface area (Å²) in [5.41, 5.74) is 7.81. The molecule has 120 valence electrons. The van der Waals surface area contributed by atoms with Gasteiger partial charge in [-0.1, -0.05) is 36.8 Å². The number of anilines is 1. The molecule has 2 aromatic rings. The molecule has 2 N–H and O–H groups in total. The van der Waals surface area contributed by atoms with E-state index in [1.165, 1.54) is 17.7 Å². The Labute approximate surface area is 141 Å². The molecule has 0 spiro atoms. The highest BCUT2D eigenvalue weighted by Gasteiger charge is 2.04.